The Balaban J connectivity index is 4.06. The molecule has 0 radical (unpaired) electrons. The summed E-state index contributed by atoms with van der Waals surface area (Å²) in [5.74, 6) is -0.303. The van der Waals surface area contributed by atoms with E-state index >= 15 is 0 Å². The number of ether oxygens (including phenoxy) is 1. The molecule has 2 N–H and O–H groups in total. The molecule has 0 aliphatic carbocycles. The van der Waals surface area contributed by atoms with Crippen molar-refractivity contribution in [1.29, 1.82) is 5.26 Å². The van der Waals surface area contributed by atoms with Gasteiger partial charge in [-0.2, -0.15) is 5.26 Å². The highest BCUT2D eigenvalue weighted by atomic mass is 16.5. The standard InChI is InChI=1S/C14H27N3O2/c1-11(2)12(18)19-9-7-8-14(6,10-15)17-16-13(3,4)5/h11,16-17H,7-9H2,1-6H3. The second-order valence-corrected chi connectivity index (χ2v) is 6.37. The molecule has 0 rings (SSSR count). The summed E-state index contributed by atoms with van der Waals surface area (Å²) in [6.45, 7) is 11.8. The summed E-state index contributed by atoms with van der Waals surface area (Å²) in [6.07, 6.45) is 1.26. The van der Waals surface area contributed by atoms with E-state index in [1.807, 2.05) is 27.7 Å². The Hall–Kier alpha value is -1.12. The van der Waals surface area contributed by atoms with Crippen LogP contribution in [-0.2, 0) is 9.53 Å². The van der Waals surface area contributed by atoms with Crippen molar-refractivity contribution >= 4 is 5.97 Å². The van der Waals surface area contributed by atoms with Crippen molar-refractivity contribution in [2.45, 2.75) is 65.5 Å². The third kappa shape index (κ3) is 8.57. The van der Waals surface area contributed by atoms with E-state index in [9.17, 15) is 10.1 Å². The fourth-order valence-electron chi connectivity index (χ4n) is 1.24. The molecule has 5 nitrogen and oxygen atoms in total. The molecule has 1 unspecified atom stereocenters. The van der Waals surface area contributed by atoms with Gasteiger partial charge >= 0.3 is 5.97 Å². The first kappa shape index (κ1) is 17.9. The minimum atomic E-state index is -0.669. The quantitative estimate of drug-likeness (QED) is 0.421. The van der Waals surface area contributed by atoms with E-state index in [0.29, 0.717) is 19.4 Å². The van der Waals surface area contributed by atoms with Crippen molar-refractivity contribution < 1.29 is 9.53 Å². The minimum absolute atomic E-state index is 0.108. The van der Waals surface area contributed by atoms with E-state index < -0.39 is 5.54 Å². The van der Waals surface area contributed by atoms with E-state index in [0.717, 1.165) is 0 Å². The van der Waals surface area contributed by atoms with Crippen LogP contribution in [0.3, 0.4) is 0 Å². The highest BCUT2D eigenvalue weighted by molar-refractivity contribution is 5.71. The van der Waals surface area contributed by atoms with Gasteiger partial charge in [0.1, 0.15) is 5.54 Å². The van der Waals surface area contributed by atoms with E-state index in [1.54, 1.807) is 13.8 Å². The molecule has 0 amide bonds. The zero-order valence-electron chi connectivity index (χ0n) is 13.0. The largest absolute Gasteiger partial charge is 0.465 e. The maximum atomic E-state index is 11.3. The van der Waals surface area contributed by atoms with E-state index in [2.05, 4.69) is 16.9 Å². The third-order valence-electron chi connectivity index (χ3n) is 2.50. The predicted octanol–water partition coefficient (Wildman–Crippen LogP) is 2.14. The molecular weight excluding hydrogens is 242 g/mol. The second kappa shape index (κ2) is 7.46. The van der Waals surface area contributed by atoms with E-state index in [4.69, 9.17) is 4.74 Å². The Morgan fingerprint density at radius 2 is 1.84 bits per heavy atom. The van der Waals surface area contributed by atoms with Crippen LogP contribution in [0, 0.1) is 17.2 Å². The van der Waals surface area contributed by atoms with Gasteiger partial charge in [-0.25, -0.2) is 5.43 Å². The van der Waals surface area contributed by atoms with Crippen LogP contribution >= 0.6 is 0 Å². The van der Waals surface area contributed by atoms with E-state index in [1.165, 1.54) is 0 Å². The predicted molar refractivity (Wildman–Crippen MR) is 75.1 cm³/mol. The zero-order valence-corrected chi connectivity index (χ0v) is 13.0. The van der Waals surface area contributed by atoms with Gasteiger partial charge in [0.05, 0.1) is 18.6 Å². The van der Waals surface area contributed by atoms with Crippen LogP contribution in [0.25, 0.3) is 0 Å². The first-order chi connectivity index (χ1) is 8.59. The lowest BCUT2D eigenvalue weighted by Crippen LogP contribution is -2.56. The number of carbonyl (C=O) groups is 1. The van der Waals surface area contributed by atoms with Crippen molar-refractivity contribution in [3.63, 3.8) is 0 Å². The average Bonchev–Trinajstić information content (AvgIpc) is 2.31. The second-order valence-electron chi connectivity index (χ2n) is 6.37. The molecule has 1 atom stereocenters. The number of esters is 1. The average molecular weight is 269 g/mol. The lowest BCUT2D eigenvalue weighted by molar-refractivity contribution is -0.147. The summed E-state index contributed by atoms with van der Waals surface area (Å²) in [7, 11) is 0. The summed E-state index contributed by atoms with van der Waals surface area (Å²) in [5, 5.41) is 9.22. The summed E-state index contributed by atoms with van der Waals surface area (Å²) in [5.41, 5.74) is 5.37. The molecular formula is C14H27N3O2. The molecule has 0 aliphatic heterocycles. The maximum absolute atomic E-state index is 11.3. The number of hydrogen-bond donors (Lipinski definition) is 2. The smallest absolute Gasteiger partial charge is 0.308 e. The highest BCUT2D eigenvalue weighted by Crippen LogP contribution is 2.12. The number of nitrogens with zero attached hydrogens (tertiary/aromatic N) is 1. The molecule has 0 bridgehead atoms. The minimum Gasteiger partial charge on any atom is -0.465 e. The number of hydrogen-bond acceptors (Lipinski definition) is 5. The summed E-state index contributed by atoms with van der Waals surface area (Å²) in [4.78, 5) is 11.3. The summed E-state index contributed by atoms with van der Waals surface area (Å²) >= 11 is 0. The molecule has 0 aromatic heterocycles. The Morgan fingerprint density at radius 3 is 2.26 bits per heavy atom. The Bertz CT molecular complexity index is 329. The fourth-order valence-corrected chi connectivity index (χ4v) is 1.24. The Labute approximate surface area is 116 Å². The van der Waals surface area contributed by atoms with Gasteiger partial charge in [0.15, 0.2) is 0 Å². The number of nitriles is 1. The first-order valence-electron chi connectivity index (χ1n) is 6.72. The molecule has 110 valence electrons. The molecule has 5 heteroatoms. The molecule has 0 saturated carbocycles. The highest BCUT2D eigenvalue weighted by Gasteiger charge is 2.25. The number of rotatable bonds is 7. The van der Waals surface area contributed by atoms with Crippen LogP contribution in [0.2, 0.25) is 0 Å². The van der Waals surface area contributed by atoms with Gasteiger partial charge in [0.25, 0.3) is 0 Å². The summed E-state index contributed by atoms with van der Waals surface area (Å²) < 4.78 is 5.09. The van der Waals surface area contributed by atoms with Gasteiger partial charge in [0.2, 0.25) is 0 Å². The lowest BCUT2D eigenvalue weighted by atomic mass is 9.98. The van der Waals surface area contributed by atoms with E-state index in [-0.39, 0.29) is 17.4 Å². The van der Waals surface area contributed by atoms with Gasteiger partial charge in [-0.3, -0.25) is 10.2 Å². The summed E-state index contributed by atoms with van der Waals surface area (Å²) in [6, 6.07) is 2.25. The van der Waals surface area contributed by atoms with Gasteiger partial charge < -0.3 is 4.74 Å². The van der Waals surface area contributed by atoms with Crippen molar-refractivity contribution in [2.75, 3.05) is 6.61 Å². The lowest BCUT2D eigenvalue weighted by Gasteiger charge is -2.29. The van der Waals surface area contributed by atoms with Crippen LogP contribution in [0.4, 0.5) is 0 Å². The van der Waals surface area contributed by atoms with Crippen LogP contribution in [0.5, 0.6) is 0 Å². The normalized spacial score (nSPS) is 14.8. The molecule has 0 spiro atoms. The van der Waals surface area contributed by atoms with Crippen LogP contribution < -0.4 is 10.9 Å². The molecule has 0 aromatic carbocycles. The fraction of sp³-hybridized carbons (Fsp3) is 0.857. The maximum Gasteiger partial charge on any atom is 0.308 e. The van der Waals surface area contributed by atoms with Gasteiger partial charge in [-0.1, -0.05) is 13.8 Å². The van der Waals surface area contributed by atoms with Crippen molar-refractivity contribution in [2.24, 2.45) is 5.92 Å². The van der Waals surface area contributed by atoms with Crippen molar-refractivity contribution in [3.05, 3.63) is 0 Å². The van der Waals surface area contributed by atoms with Gasteiger partial charge in [0, 0.05) is 5.54 Å². The van der Waals surface area contributed by atoms with Crippen molar-refractivity contribution in [3.8, 4) is 6.07 Å². The molecule has 0 fully saturated rings. The molecule has 19 heavy (non-hydrogen) atoms. The van der Waals surface area contributed by atoms with Crippen LogP contribution in [-0.4, -0.2) is 23.7 Å². The third-order valence-corrected chi connectivity index (χ3v) is 2.50. The first-order valence-corrected chi connectivity index (χ1v) is 6.72. The van der Waals surface area contributed by atoms with Gasteiger partial charge in [-0.15, -0.1) is 0 Å². The molecule has 0 saturated heterocycles. The topological polar surface area (TPSA) is 74.2 Å². The van der Waals surface area contributed by atoms with Crippen molar-refractivity contribution in [1.82, 2.24) is 10.9 Å². The number of nitrogens with one attached hydrogen (secondary N) is 2. The molecule has 0 aromatic rings. The SMILES string of the molecule is CC(C)C(=O)OCCCC(C)(C#N)NNC(C)(C)C. The number of hydrazine groups is 1. The monoisotopic (exact) mass is 269 g/mol. The number of carbonyl (C=O) groups excluding carboxylic acids is 1. The molecule has 0 heterocycles. The zero-order chi connectivity index (χ0) is 15.1. The van der Waals surface area contributed by atoms with Crippen LogP contribution in [0.1, 0.15) is 54.4 Å². The molecule has 0 aliphatic rings. The van der Waals surface area contributed by atoms with Crippen LogP contribution in [0.15, 0.2) is 0 Å². The Morgan fingerprint density at radius 1 is 1.26 bits per heavy atom. The van der Waals surface area contributed by atoms with Gasteiger partial charge in [-0.05, 0) is 40.5 Å². The Kier molecular flexibility index (Phi) is 7.02.